The van der Waals surface area contributed by atoms with Crippen molar-refractivity contribution < 1.29 is 4.79 Å². The Morgan fingerprint density at radius 1 is 0.778 bits per heavy atom. The molecule has 1 amide bonds. The zero-order chi connectivity index (χ0) is 37.3. The lowest BCUT2D eigenvalue weighted by molar-refractivity contribution is -0.115. The molecule has 0 saturated heterocycles. The third-order valence-electron chi connectivity index (χ3n) is 9.62. The van der Waals surface area contributed by atoms with Gasteiger partial charge in [-0.1, -0.05) is 169 Å². The first-order valence-electron chi connectivity index (χ1n) is 18.1. The SMILES string of the molecule is CCCCc1nc(NC(=O)CCBr)[nH]c(=O)c1Cc1ccc(-c2ccccc2-c2nnnn2C(c2ccccc2)(c2ccccc2)c2ccccc2)cc1. The molecule has 270 valence electrons. The normalized spacial score (nSPS) is 11.4. The van der Waals surface area contributed by atoms with Crippen LogP contribution >= 0.6 is 15.9 Å². The van der Waals surface area contributed by atoms with Crippen molar-refractivity contribution in [3.05, 3.63) is 183 Å². The second-order valence-corrected chi connectivity index (χ2v) is 13.9. The summed E-state index contributed by atoms with van der Waals surface area (Å²) in [7, 11) is 0. The molecule has 0 unspecified atom stereocenters. The molecule has 2 aromatic heterocycles. The minimum atomic E-state index is -0.886. The minimum Gasteiger partial charge on any atom is -0.296 e. The van der Waals surface area contributed by atoms with E-state index in [-0.39, 0.29) is 23.8 Å². The van der Waals surface area contributed by atoms with Crippen molar-refractivity contribution in [2.24, 2.45) is 0 Å². The summed E-state index contributed by atoms with van der Waals surface area (Å²) < 4.78 is 1.95. The van der Waals surface area contributed by atoms with Crippen molar-refractivity contribution in [1.82, 2.24) is 30.2 Å². The molecule has 0 atom stereocenters. The summed E-state index contributed by atoms with van der Waals surface area (Å²) in [5, 5.41) is 17.0. The molecule has 7 rings (SSSR count). The van der Waals surface area contributed by atoms with Gasteiger partial charge in [-0.2, -0.15) is 0 Å². The Balaban J connectivity index is 1.28. The van der Waals surface area contributed by atoms with Crippen LogP contribution in [0, 0.1) is 0 Å². The van der Waals surface area contributed by atoms with Crippen LogP contribution in [-0.4, -0.2) is 41.4 Å². The van der Waals surface area contributed by atoms with Gasteiger partial charge in [0.05, 0.1) is 5.69 Å². The molecule has 7 aromatic rings. The lowest BCUT2D eigenvalue weighted by Crippen LogP contribution is -2.39. The van der Waals surface area contributed by atoms with Crippen molar-refractivity contribution in [2.45, 2.75) is 44.6 Å². The Hall–Kier alpha value is -6.00. The van der Waals surface area contributed by atoms with E-state index in [1.165, 1.54) is 0 Å². The number of aryl methyl sites for hydroxylation is 1. The Morgan fingerprint density at radius 2 is 1.35 bits per heavy atom. The van der Waals surface area contributed by atoms with E-state index in [0.717, 1.165) is 51.8 Å². The van der Waals surface area contributed by atoms with Crippen LogP contribution in [0.3, 0.4) is 0 Å². The number of nitrogens with zero attached hydrogens (tertiary/aromatic N) is 5. The van der Waals surface area contributed by atoms with Crippen LogP contribution in [0.1, 0.15) is 59.7 Å². The second kappa shape index (κ2) is 16.8. The molecule has 2 N–H and O–H groups in total. The molecule has 2 heterocycles. The zero-order valence-corrected chi connectivity index (χ0v) is 31.5. The summed E-state index contributed by atoms with van der Waals surface area (Å²) in [6.07, 6.45) is 3.18. The van der Waals surface area contributed by atoms with Crippen LogP contribution in [0.4, 0.5) is 5.95 Å². The number of aromatic nitrogens is 6. The quantitative estimate of drug-likeness (QED) is 0.0844. The Bertz CT molecular complexity index is 2280. The van der Waals surface area contributed by atoms with Crippen molar-refractivity contribution in [3.8, 4) is 22.5 Å². The first kappa shape index (κ1) is 36.4. The van der Waals surface area contributed by atoms with Crippen molar-refractivity contribution in [1.29, 1.82) is 0 Å². The number of carbonyl (C=O) groups excluding carboxylic acids is 1. The summed E-state index contributed by atoms with van der Waals surface area (Å²) in [5.41, 5.74) is 7.04. The third kappa shape index (κ3) is 7.43. The van der Waals surface area contributed by atoms with Crippen LogP contribution in [0.15, 0.2) is 144 Å². The number of anilines is 1. The van der Waals surface area contributed by atoms with Gasteiger partial charge in [-0.05, 0) is 56.6 Å². The highest BCUT2D eigenvalue weighted by atomic mass is 79.9. The molecule has 0 radical (unpaired) electrons. The number of nitrogens with one attached hydrogen (secondary N) is 2. The Labute approximate surface area is 322 Å². The number of aromatic amines is 1. The smallest absolute Gasteiger partial charge is 0.256 e. The number of rotatable bonds is 14. The van der Waals surface area contributed by atoms with Gasteiger partial charge < -0.3 is 0 Å². The maximum absolute atomic E-state index is 13.4. The third-order valence-corrected chi connectivity index (χ3v) is 10.0. The van der Waals surface area contributed by atoms with Gasteiger partial charge in [0, 0.05) is 29.3 Å². The average molecular weight is 779 g/mol. The zero-order valence-electron chi connectivity index (χ0n) is 30.0. The van der Waals surface area contributed by atoms with Gasteiger partial charge in [0.15, 0.2) is 5.82 Å². The predicted molar refractivity (Wildman–Crippen MR) is 217 cm³/mol. The van der Waals surface area contributed by atoms with E-state index in [9.17, 15) is 9.59 Å². The average Bonchev–Trinajstić information content (AvgIpc) is 3.70. The molecule has 54 heavy (non-hydrogen) atoms. The Morgan fingerprint density at radius 3 is 1.93 bits per heavy atom. The Kier molecular flexibility index (Phi) is 11.3. The molecular weight excluding hydrogens is 738 g/mol. The monoisotopic (exact) mass is 777 g/mol. The lowest BCUT2D eigenvalue weighted by atomic mass is 9.77. The molecule has 5 aromatic carbocycles. The highest BCUT2D eigenvalue weighted by Crippen LogP contribution is 2.43. The molecular formula is C44H40BrN7O2. The van der Waals surface area contributed by atoms with Crippen molar-refractivity contribution >= 4 is 27.8 Å². The van der Waals surface area contributed by atoms with Gasteiger partial charge in [0.1, 0.15) is 5.54 Å². The fraction of sp³-hybridized carbons (Fsp3) is 0.182. The van der Waals surface area contributed by atoms with Gasteiger partial charge >= 0.3 is 0 Å². The first-order valence-corrected chi connectivity index (χ1v) is 19.3. The molecule has 0 aliphatic carbocycles. The number of carbonyl (C=O) groups is 1. The first-order chi connectivity index (χ1) is 26.5. The van der Waals surface area contributed by atoms with Gasteiger partial charge in [0.25, 0.3) is 5.56 Å². The van der Waals surface area contributed by atoms with E-state index in [1.54, 1.807) is 0 Å². The number of benzene rings is 5. The van der Waals surface area contributed by atoms with Gasteiger partial charge in [0.2, 0.25) is 11.9 Å². The topological polar surface area (TPSA) is 118 Å². The fourth-order valence-corrected chi connectivity index (χ4v) is 7.40. The van der Waals surface area contributed by atoms with Crippen LogP contribution < -0.4 is 10.9 Å². The van der Waals surface area contributed by atoms with Crippen LogP contribution in [-0.2, 0) is 23.2 Å². The largest absolute Gasteiger partial charge is 0.296 e. The van der Waals surface area contributed by atoms with Crippen LogP contribution in [0.25, 0.3) is 22.5 Å². The summed E-state index contributed by atoms with van der Waals surface area (Å²) in [6.45, 7) is 2.10. The number of amides is 1. The standard InChI is InChI=1S/C44H40BrN7O2/c1-2-3-23-39-38(42(54)48-43(46-39)47-40(53)28-29-45)30-31-24-26-32(27-25-31)36-21-13-14-22-37(36)41-49-50-51-52(41)44(33-15-7-4-8-16-33,34-17-9-5-10-18-34)35-19-11-6-12-20-35/h4-22,24-27H,2-3,23,28-30H2,1H3,(H2,46,47,48,53,54). The lowest BCUT2D eigenvalue weighted by Gasteiger charge is -2.36. The summed E-state index contributed by atoms with van der Waals surface area (Å²) in [4.78, 5) is 33.0. The summed E-state index contributed by atoms with van der Waals surface area (Å²) in [5.74, 6) is 0.596. The molecule has 10 heteroatoms. The van der Waals surface area contributed by atoms with Crippen LogP contribution in [0.2, 0.25) is 0 Å². The van der Waals surface area contributed by atoms with E-state index >= 15 is 0 Å². The van der Waals surface area contributed by atoms with Gasteiger partial charge in [-0.25, -0.2) is 9.67 Å². The molecule has 0 bridgehead atoms. The van der Waals surface area contributed by atoms with E-state index in [4.69, 9.17) is 10.3 Å². The molecule has 9 nitrogen and oxygen atoms in total. The summed E-state index contributed by atoms with van der Waals surface area (Å²) in [6, 6.07) is 47.5. The van der Waals surface area contributed by atoms with Gasteiger partial charge in [-0.15, -0.1) is 5.10 Å². The molecule has 0 spiro atoms. The van der Waals surface area contributed by atoms with E-state index in [2.05, 4.69) is 104 Å². The number of halogens is 1. The van der Waals surface area contributed by atoms with Gasteiger partial charge in [-0.3, -0.25) is 19.9 Å². The second-order valence-electron chi connectivity index (χ2n) is 13.1. The number of H-pyrrole nitrogens is 1. The molecule has 0 saturated carbocycles. The maximum atomic E-state index is 13.4. The number of unbranched alkanes of at least 4 members (excludes halogenated alkanes) is 1. The highest BCUT2D eigenvalue weighted by Gasteiger charge is 2.42. The van der Waals surface area contributed by atoms with Crippen molar-refractivity contribution in [2.75, 3.05) is 10.6 Å². The van der Waals surface area contributed by atoms with Crippen LogP contribution in [0.5, 0.6) is 0 Å². The fourth-order valence-electron chi connectivity index (χ4n) is 7.04. The molecule has 0 fully saturated rings. The highest BCUT2D eigenvalue weighted by molar-refractivity contribution is 9.09. The van der Waals surface area contributed by atoms with E-state index < -0.39 is 5.54 Å². The van der Waals surface area contributed by atoms with E-state index in [0.29, 0.717) is 35.3 Å². The number of hydrogen-bond acceptors (Lipinski definition) is 6. The maximum Gasteiger partial charge on any atom is 0.256 e. The summed E-state index contributed by atoms with van der Waals surface area (Å²) >= 11 is 3.28. The number of tetrazole rings is 1. The predicted octanol–water partition coefficient (Wildman–Crippen LogP) is 8.59. The van der Waals surface area contributed by atoms with Crippen molar-refractivity contribution in [3.63, 3.8) is 0 Å². The number of alkyl halides is 1. The molecule has 0 aliphatic heterocycles. The molecule has 0 aliphatic rings. The minimum absolute atomic E-state index is 0.186. The van der Waals surface area contributed by atoms with E-state index in [1.807, 2.05) is 83.5 Å². The number of hydrogen-bond donors (Lipinski definition) is 2.